The van der Waals surface area contributed by atoms with Crippen LogP contribution in [0.4, 0.5) is 26.3 Å². The monoisotopic (exact) mass is 345 g/mol. The Labute approximate surface area is 109 Å². The van der Waals surface area contributed by atoms with Gasteiger partial charge in [-0.25, -0.2) is 0 Å². The third kappa shape index (κ3) is 12.4. The first-order valence-electron chi connectivity index (χ1n) is 5.13. The van der Waals surface area contributed by atoms with E-state index in [0.29, 0.717) is 5.33 Å². The lowest BCUT2D eigenvalue weighted by atomic mass is 10.4. The van der Waals surface area contributed by atoms with Crippen molar-refractivity contribution in [2.24, 2.45) is 0 Å². The smallest absolute Gasteiger partial charge is 0.372 e. The van der Waals surface area contributed by atoms with Gasteiger partial charge in [-0.15, -0.1) is 0 Å². The van der Waals surface area contributed by atoms with Gasteiger partial charge < -0.3 is 4.74 Å². The minimum atomic E-state index is -4.40. The Bertz CT molecular complexity index is 220. The summed E-state index contributed by atoms with van der Waals surface area (Å²) in [5.74, 6) is 0. The summed E-state index contributed by atoms with van der Waals surface area (Å²) in [6.07, 6.45) is -8.59. The zero-order valence-corrected chi connectivity index (χ0v) is 11.0. The standard InChI is InChI=1S/C9H14BrF6NO/c10-2-4-17(6-8(11,12)13)3-1-5-18-7-9(14,15)16/h1-7H2. The third-order valence-corrected chi connectivity index (χ3v) is 2.19. The number of halogens is 7. The lowest BCUT2D eigenvalue weighted by molar-refractivity contribution is -0.174. The van der Waals surface area contributed by atoms with Crippen LogP contribution in [0.25, 0.3) is 0 Å². The van der Waals surface area contributed by atoms with Gasteiger partial charge in [-0.2, -0.15) is 26.3 Å². The van der Waals surface area contributed by atoms with E-state index < -0.39 is 25.5 Å². The average molecular weight is 346 g/mol. The molecule has 0 aromatic heterocycles. The molecule has 0 aromatic carbocycles. The highest BCUT2D eigenvalue weighted by molar-refractivity contribution is 9.09. The molecule has 0 heterocycles. The number of rotatable bonds is 8. The molecular weight excluding hydrogens is 332 g/mol. The van der Waals surface area contributed by atoms with Crippen LogP contribution < -0.4 is 0 Å². The summed E-state index contributed by atoms with van der Waals surface area (Å²) in [6.45, 7) is -2.43. The first kappa shape index (κ1) is 18.0. The molecule has 0 aliphatic rings. The molecule has 0 atom stereocenters. The molecule has 0 amide bonds. The topological polar surface area (TPSA) is 12.5 Å². The molecule has 0 aromatic rings. The first-order chi connectivity index (χ1) is 8.14. The van der Waals surface area contributed by atoms with Crippen molar-refractivity contribution in [1.29, 1.82) is 0 Å². The van der Waals surface area contributed by atoms with Crippen molar-refractivity contribution >= 4 is 15.9 Å². The van der Waals surface area contributed by atoms with Gasteiger partial charge in [0, 0.05) is 25.0 Å². The maximum atomic E-state index is 12.1. The fourth-order valence-corrected chi connectivity index (χ4v) is 1.72. The Morgan fingerprint density at radius 2 is 1.56 bits per heavy atom. The van der Waals surface area contributed by atoms with Gasteiger partial charge in [0.15, 0.2) is 0 Å². The van der Waals surface area contributed by atoms with Gasteiger partial charge >= 0.3 is 12.4 Å². The molecular formula is C9H14BrF6NO. The van der Waals surface area contributed by atoms with Crippen LogP contribution >= 0.6 is 15.9 Å². The summed E-state index contributed by atoms with van der Waals surface area (Å²) >= 11 is 3.02. The highest BCUT2D eigenvalue weighted by Crippen LogP contribution is 2.17. The molecule has 0 rings (SSSR count). The van der Waals surface area contributed by atoms with Crippen LogP contribution in [0, 0.1) is 0 Å². The molecule has 0 fully saturated rings. The fraction of sp³-hybridized carbons (Fsp3) is 1.00. The lowest BCUT2D eigenvalue weighted by Gasteiger charge is -2.22. The van der Waals surface area contributed by atoms with Gasteiger partial charge in [-0.05, 0) is 6.42 Å². The van der Waals surface area contributed by atoms with E-state index in [-0.39, 0.29) is 26.1 Å². The molecule has 0 radical (unpaired) electrons. The Morgan fingerprint density at radius 3 is 2.00 bits per heavy atom. The third-order valence-electron chi connectivity index (χ3n) is 1.83. The van der Waals surface area contributed by atoms with Gasteiger partial charge in [0.25, 0.3) is 0 Å². The number of hydrogen-bond donors (Lipinski definition) is 0. The minimum absolute atomic E-state index is 0.0446. The SMILES string of the molecule is FC(F)(F)COCCCN(CCBr)CC(F)(F)F. The van der Waals surface area contributed by atoms with Crippen molar-refractivity contribution in [3.05, 3.63) is 0 Å². The maximum absolute atomic E-state index is 12.1. The second-order valence-electron chi connectivity index (χ2n) is 3.60. The van der Waals surface area contributed by atoms with E-state index in [4.69, 9.17) is 0 Å². The Kier molecular flexibility index (Phi) is 8.20. The minimum Gasteiger partial charge on any atom is -0.372 e. The van der Waals surface area contributed by atoms with Crippen LogP contribution in [0.5, 0.6) is 0 Å². The summed E-state index contributed by atoms with van der Waals surface area (Å²) in [7, 11) is 0. The van der Waals surface area contributed by atoms with Crippen LogP contribution in [0.2, 0.25) is 0 Å². The molecule has 110 valence electrons. The van der Waals surface area contributed by atoms with E-state index >= 15 is 0 Å². The molecule has 18 heavy (non-hydrogen) atoms. The van der Waals surface area contributed by atoms with Crippen molar-refractivity contribution in [3.63, 3.8) is 0 Å². The second kappa shape index (κ2) is 8.21. The van der Waals surface area contributed by atoms with Gasteiger partial charge in [0.2, 0.25) is 0 Å². The maximum Gasteiger partial charge on any atom is 0.411 e. The van der Waals surface area contributed by atoms with Crippen molar-refractivity contribution in [1.82, 2.24) is 4.90 Å². The van der Waals surface area contributed by atoms with E-state index in [0.717, 1.165) is 4.90 Å². The lowest BCUT2D eigenvalue weighted by Crippen LogP contribution is -2.36. The van der Waals surface area contributed by atoms with E-state index in [1.54, 1.807) is 0 Å². The molecule has 0 N–H and O–H groups in total. The number of alkyl halides is 7. The van der Waals surface area contributed by atoms with E-state index in [1.165, 1.54) is 0 Å². The first-order valence-corrected chi connectivity index (χ1v) is 6.26. The number of nitrogens with zero attached hydrogens (tertiary/aromatic N) is 1. The molecule has 0 bridgehead atoms. The summed E-state index contributed by atoms with van der Waals surface area (Å²) < 4.78 is 75.8. The van der Waals surface area contributed by atoms with Crippen LogP contribution in [-0.2, 0) is 4.74 Å². The predicted molar refractivity (Wildman–Crippen MR) is 57.8 cm³/mol. The van der Waals surface area contributed by atoms with E-state index in [1.807, 2.05) is 0 Å². The Hall–Kier alpha value is -0.0200. The van der Waals surface area contributed by atoms with Gasteiger partial charge in [0.1, 0.15) is 6.61 Å². The van der Waals surface area contributed by atoms with Crippen LogP contribution in [0.15, 0.2) is 0 Å². The zero-order chi connectivity index (χ0) is 14.2. The molecule has 0 saturated heterocycles. The zero-order valence-electron chi connectivity index (χ0n) is 9.45. The highest BCUT2D eigenvalue weighted by Gasteiger charge is 2.30. The summed E-state index contributed by atoms with van der Waals surface area (Å²) in [6, 6.07) is 0. The number of hydrogen-bond acceptors (Lipinski definition) is 2. The second-order valence-corrected chi connectivity index (χ2v) is 4.39. The average Bonchev–Trinajstić information content (AvgIpc) is 2.13. The van der Waals surface area contributed by atoms with Gasteiger partial charge in [-0.3, -0.25) is 4.90 Å². The highest BCUT2D eigenvalue weighted by atomic mass is 79.9. The predicted octanol–water partition coefficient (Wildman–Crippen LogP) is 3.21. The van der Waals surface area contributed by atoms with E-state index in [2.05, 4.69) is 20.7 Å². The molecule has 0 spiro atoms. The quantitative estimate of drug-likeness (QED) is 0.380. The number of ether oxygens (including phenoxy) is 1. The molecule has 0 unspecified atom stereocenters. The fourth-order valence-electron chi connectivity index (χ4n) is 1.22. The van der Waals surface area contributed by atoms with Crippen molar-refractivity contribution in [3.8, 4) is 0 Å². The molecule has 2 nitrogen and oxygen atoms in total. The summed E-state index contributed by atoms with van der Waals surface area (Å²) in [5.41, 5.74) is 0. The summed E-state index contributed by atoms with van der Waals surface area (Å²) in [4.78, 5) is 1.12. The van der Waals surface area contributed by atoms with Crippen molar-refractivity contribution in [2.45, 2.75) is 18.8 Å². The van der Waals surface area contributed by atoms with E-state index in [9.17, 15) is 26.3 Å². The largest absolute Gasteiger partial charge is 0.411 e. The summed E-state index contributed by atoms with van der Waals surface area (Å²) in [5, 5.41) is 0.368. The van der Waals surface area contributed by atoms with Crippen molar-refractivity contribution in [2.75, 3.05) is 38.2 Å². The Balaban J connectivity index is 3.77. The van der Waals surface area contributed by atoms with Crippen molar-refractivity contribution < 1.29 is 31.1 Å². The molecule has 0 aliphatic carbocycles. The van der Waals surface area contributed by atoms with Crippen LogP contribution in [0.3, 0.4) is 0 Å². The van der Waals surface area contributed by atoms with Crippen LogP contribution in [0.1, 0.15) is 6.42 Å². The Morgan fingerprint density at radius 1 is 0.944 bits per heavy atom. The molecule has 0 aliphatic heterocycles. The van der Waals surface area contributed by atoms with Gasteiger partial charge in [-0.1, -0.05) is 15.9 Å². The molecule has 0 saturated carbocycles. The normalized spacial score (nSPS) is 13.3. The molecule has 9 heteroatoms. The van der Waals surface area contributed by atoms with Crippen LogP contribution in [-0.4, -0.2) is 55.4 Å². The van der Waals surface area contributed by atoms with Gasteiger partial charge in [0.05, 0.1) is 6.54 Å².